The second-order valence-corrected chi connectivity index (χ2v) is 13.0. The van der Waals surface area contributed by atoms with Crippen LogP contribution in [0.2, 0.25) is 0 Å². The van der Waals surface area contributed by atoms with Crippen molar-refractivity contribution in [2.75, 3.05) is 0 Å². The summed E-state index contributed by atoms with van der Waals surface area (Å²) in [5, 5.41) is 56.7. The SMILES string of the molecule is CC(c1ccc(Oc2ccc(C(=O)O)c(C(=O)O)c2)cc1)(c1ccc(Oc2ccc(C(=O)O)c(C(=O)O)c2)cc1)c1ccc(Oc2ccc(C(=O)O)c(C(=O)O)c2)cc1. The van der Waals surface area contributed by atoms with Crippen molar-refractivity contribution in [1.29, 1.82) is 0 Å². The Kier molecular flexibility index (Phi) is 11.1. The van der Waals surface area contributed by atoms with Crippen LogP contribution in [-0.4, -0.2) is 66.5 Å². The van der Waals surface area contributed by atoms with Crippen molar-refractivity contribution in [1.82, 2.24) is 0 Å². The first-order valence-corrected chi connectivity index (χ1v) is 17.2. The fourth-order valence-electron chi connectivity index (χ4n) is 6.33. The number of carboxylic acids is 6. The first kappa shape index (κ1) is 40.2. The quantitative estimate of drug-likeness (QED) is 0.0532. The molecule has 15 nitrogen and oxygen atoms in total. The second-order valence-electron chi connectivity index (χ2n) is 13.0. The van der Waals surface area contributed by atoms with E-state index in [1.807, 2.05) is 6.92 Å². The Morgan fingerprint density at radius 2 is 0.525 bits per heavy atom. The second kappa shape index (κ2) is 16.3. The molecule has 0 bridgehead atoms. The fraction of sp³-hybridized carbons (Fsp3) is 0.0455. The topological polar surface area (TPSA) is 251 Å². The summed E-state index contributed by atoms with van der Waals surface area (Å²) >= 11 is 0. The van der Waals surface area contributed by atoms with E-state index in [0.717, 1.165) is 53.1 Å². The third-order valence-electron chi connectivity index (χ3n) is 9.36. The Labute approximate surface area is 333 Å². The molecule has 0 aliphatic rings. The molecule has 0 fully saturated rings. The van der Waals surface area contributed by atoms with Gasteiger partial charge in [0, 0.05) is 5.41 Å². The summed E-state index contributed by atoms with van der Waals surface area (Å²) in [6, 6.07) is 31.4. The lowest BCUT2D eigenvalue weighted by Gasteiger charge is -2.32. The Hall–Kier alpha value is -8.46. The zero-order chi connectivity index (χ0) is 42.6. The van der Waals surface area contributed by atoms with Crippen molar-refractivity contribution in [3.63, 3.8) is 0 Å². The highest BCUT2D eigenvalue weighted by molar-refractivity contribution is 6.03. The van der Waals surface area contributed by atoms with Crippen molar-refractivity contribution in [3.05, 3.63) is 177 Å². The molecule has 59 heavy (non-hydrogen) atoms. The Morgan fingerprint density at radius 1 is 0.322 bits per heavy atom. The number of hydrogen-bond acceptors (Lipinski definition) is 9. The van der Waals surface area contributed by atoms with Gasteiger partial charge < -0.3 is 44.8 Å². The molecule has 0 aromatic heterocycles. The molecule has 0 aliphatic carbocycles. The molecule has 0 spiro atoms. The van der Waals surface area contributed by atoms with Crippen LogP contribution in [-0.2, 0) is 5.41 Å². The summed E-state index contributed by atoms with van der Waals surface area (Å²) in [6.45, 7) is 1.94. The molecule has 6 rings (SSSR count). The molecule has 6 N–H and O–H groups in total. The summed E-state index contributed by atoms with van der Waals surface area (Å²) < 4.78 is 17.7. The van der Waals surface area contributed by atoms with Crippen molar-refractivity contribution in [2.45, 2.75) is 12.3 Å². The zero-order valence-electron chi connectivity index (χ0n) is 30.5. The normalized spacial score (nSPS) is 10.9. The highest BCUT2D eigenvalue weighted by atomic mass is 16.5. The highest BCUT2D eigenvalue weighted by Gasteiger charge is 2.32. The van der Waals surface area contributed by atoms with Gasteiger partial charge in [0.15, 0.2) is 0 Å². The van der Waals surface area contributed by atoms with Crippen LogP contribution in [0.3, 0.4) is 0 Å². The number of aromatic carboxylic acids is 6. The Balaban J connectivity index is 1.34. The van der Waals surface area contributed by atoms with E-state index in [0.29, 0.717) is 17.2 Å². The summed E-state index contributed by atoms with van der Waals surface area (Å²) in [7, 11) is 0. The largest absolute Gasteiger partial charge is 0.478 e. The van der Waals surface area contributed by atoms with Gasteiger partial charge in [0.1, 0.15) is 34.5 Å². The van der Waals surface area contributed by atoms with E-state index < -0.39 is 74.6 Å². The lowest BCUT2D eigenvalue weighted by molar-refractivity contribution is 0.0651. The number of carbonyl (C=O) groups is 6. The average Bonchev–Trinajstić information content (AvgIpc) is 3.21. The van der Waals surface area contributed by atoms with Crippen LogP contribution in [0.4, 0.5) is 0 Å². The molecule has 0 saturated carbocycles. The van der Waals surface area contributed by atoms with E-state index in [-0.39, 0.29) is 17.2 Å². The fourth-order valence-corrected chi connectivity index (χ4v) is 6.33. The minimum Gasteiger partial charge on any atom is -0.478 e. The smallest absolute Gasteiger partial charge is 0.336 e. The molecule has 0 amide bonds. The molecule has 6 aromatic rings. The molecule has 6 aromatic carbocycles. The number of rotatable bonds is 15. The predicted octanol–water partition coefficient (Wildman–Crippen LogP) is 8.61. The first-order chi connectivity index (χ1) is 28.0. The van der Waals surface area contributed by atoms with Gasteiger partial charge in [-0.05, 0) is 115 Å². The molecule has 0 heterocycles. The third-order valence-corrected chi connectivity index (χ3v) is 9.36. The van der Waals surface area contributed by atoms with Gasteiger partial charge in [0.2, 0.25) is 0 Å². The monoisotopic (exact) mass is 798 g/mol. The minimum absolute atomic E-state index is 0.0928. The van der Waals surface area contributed by atoms with Crippen LogP contribution >= 0.6 is 0 Å². The summed E-state index contributed by atoms with van der Waals surface area (Å²) in [4.78, 5) is 69.6. The van der Waals surface area contributed by atoms with E-state index in [1.54, 1.807) is 72.8 Å². The molecule has 0 unspecified atom stereocenters. The van der Waals surface area contributed by atoms with E-state index in [9.17, 15) is 59.4 Å². The summed E-state index contributed by atoms with van der Waals surface area (Å²) in [5.41, 5.74) is -1.23. The Morgan fingerprint density at radius 3 is 0.729 bits per heavy atom. The highest BCUT2D eigenvalue weighted by Crippen LogP contribution is 2.42. The summed E-state index contributed by atoms with van der Waals surface area (Å²) in [6.07, 6.45) is 0. The van der Waals surface area contributed by atoms with Crippen LogP contribution in [0.1, 0.15) is 85.8 Å². The summed E-state index contributed by atoms with van der Waals surface area (Å²) in [5.74, 6) is -7.30. The maximum Gasteiger partial charge on any atom is 0.336 e. The van der Waals surface area contributed by atoms with E-state index >= 15 is 0 Å². The predicted molar refractivity (Wildman–Crippen MR) is 206 cm³/mol. The number of ether oxygens (including phenoxy) is 3. The van der Waals surface area contributed by atoms with Gasteiger partial charge in [0.05, 0.1) is 33.4 Å². The van der Waals surface area contributed by atoms with Gasteiger partial charge in [-0.3, -0.25) is 0 Å². The molecule has 0 atom stereocenters. The van der Waals surface area contributed by atoms with E-state index in [1.165, 1.54) is 18.2 Å². The van der Waals surface area contributed by atoms with Gasteiger partial charge in [-0.2, -0.15) is 0 Å². The third kappa shape index (κ3) is 8.53. The lowest BCUT2D eigenvalue weighted by atomic mass is 9.71. The van der Waals surface area contributed by atoms with Gasteiger partial charge in [0.25, 0.3) is 0 Å². The van der Waals surface area contributed by atoms with Crippen LogP contribution in [0, 0.1) is 0 Å². The van der Waals surface area contributed by atoms with Crippen molar-refractivity contribution < 1.29 is 73.6 Å². The molecular formula is C44H30O15. The van der Waals surface area contributed by atoms with Crippen LogP contribution < -0.4 is 14.2 Å². The van der Waals surface area contributed by atoms with Gasteiger partial charge in [-0.1, -0.05) is 36.4 Å². The lowest BCUT2D eigenvalue weighted by Crippen LogP contribution is -2.25. The standard InChI is InChI=1S/C44H30O15/c1-44(23-2-8-26(9-3-23)57-29-14-17-32(38(45)46)35(20-29)41(51)52,24-4-10-27(11-5-24)58-30-15-18-33(39(47)48)36(21-30)42(53)54)25-6-12-28(13-7-25)59-31-16-19-34(40(49)50)37(22-31)43(55)56/h2-22H,1H3,(H,45,46)(H,47,48)(H,49,50)(H,51,52)(H,53,54)(H,55,56). The molecule has 296 valence electrons. The molecular weight excluding hydrogens is 768 g/mol. The molecule has 0 radical (unpaired) electrons. The van der Waals surface area contributed by atoms with Crippen LogP contribution in [0.15, 0.2) is 127 Å². The molecule has 0 saturated heterocycles. The number of hydrogen-bond donors (Lipinski definition) is 6. The van der Waals surface area contributed by atoms with Crippen LogP contribution in [0.25, 0.3) is 0 Å². The van der Waals surface area contributed by atoms with Crippen molar-refractivity contribution >= 4 is 35.8 Å². The minimum atomic E-state index is -1.44. The maximum absolute atomic E-state index is 11.7. The Bertz CT molecular complexity index is 2360. The van der Waals surface area contributed by atoms with E-state index in [4.69, 9.17) is 14.2 Å². The molecule has 0 aliphatic heterocycles. The van der Waals surface area contributed by atoms with Crippen LogP contribution in [0.5, 0.6) is 34.5 Å². The number of benzene rings is 6. The van der Waals surface area contributed by atoms with Crippen molar-refractivity contribution in [2.24, 2.45) is 0 Å². The zero-order valence-corrected chi connectivity index (χ0v) is 30.5. The maximum atomic E-state index is 11.7. The van der Waals surface area contributed by atoms with Gasteiger partial charge >= 0.3 is 35.8 Å². The first-order valence-electron chi connectivity index (χ1n) is 17.2. The van der Waals surface area contributed by atoms with Gasteiger partial charge in [-0.25, -0.2) is 28.8 Å². The average molecular weight is 799 g/mol. The van der Waals surface area contributed by atoms with Crippen molar-refractivity contribution in [3.8, 4) is 34.5 Å². The van der Waals surface area contributed by atoms with E-state index in [2.05, 4.69) is 0 Å². The van der Waals surface area contributed by atoms with Gasteiger partial charge in [-0.15, -0.1) is 0 Å². The number of carboxylic acid groups (broad SMARTS) is 6. The molecule has 15 heteroatoms.